The third-order valence-corrected chi connectivity index (χ3v) is 2.91. The summed E-state index contributed by atoms with van der Waals surface area (Å²) in [5.74, 6) is 0.447. The van der Waals surface area contributed by atoms with Gasteiger partial charge in [-0.1, -0.05) is 12.1 Å². The van der Waals surface area contributed by atoms with Gasteiger partial charge in [0, 0.05) is 17.5 Å². The molecule has 1 aliphatic rings. The van der Waals surface area contributed by atoms with Crippen molar-refractivity contribution in [3.05, 3.63) is 29.3 Å². The molecule has 1 aliphatic carbocycles. The first-order valence-electron chi connectivity index (χ1n) is 5.82. The van der Waals surface area contributed by atoms with Gasteiger partial charge in [-0.05, 0) is 18.9 Å². The molecule has 2 nitrogen and oxygen atoms in total. The zero-order valence-corrected chi connectivity index (χ0v) is 9.72. The smallest absolute Gasteiger partial charge is 0.392 e. The van der Waals surface area contributed by atoms with E-state index in [9.17, 15) is 18.0 Å². The third kappa shape index (κ3) is 3.03. The van der Waals surface area contributed by atoms with Crippen molar-refractivity contribution in [2.45, 2.75) is 31.9 Å². The van der Waals surface area contributed by atoms with Gasteiger partial charge in [0.25, 0.3) is 0 Å². The molecular formula is C13H13F3O2. The number of benzene rings is 1. The molecule has 0 bridgehead atoms. The molecule has 18 heavy (non-hydrogen) atoms. The molecule has 5 heteroatoms. The average Bonchev–Trinajstić information content (AvgIpc) is 2.29. The second-order valence-electron chi connectivity index (χ2n) is 4.27. The lowest BCUT2D eigenvalue weighted by atomic mass is 9.90. The minimum Gasteiger partial charge on any atom is -0.493 e. The van der Waals surface area contributed by atoms with E-state index in [1.807, 2.05) is 0 Å². The maximum atomic E-state index is 12.0. The van der Waals surface area contributed by atoms with Gasteiger partial charge in [-0.2, -0.15) is 13.2 Å². The number of hydrogen-bond donors (Lipinski definition) is 0. The van der Waals surface area contributed by atoms with Crippen molar-refractivity contribution in [1.29, 1.82) is 0 Å². The fourth-order valence-corrected chi connectivity index (χ4v) is 2.06. The highest BCUT2D eigenvalue weighted by Gasteiger charge is 2.27. The number of hydrogen-bond acceptors (Lipinski definition) is 2. The Hall–Kier alpha value is -1.52. The van der Waals surface area contributed by atoms with E-state index in [0.29, 0.717) is 24.2 Å². The molecule has 0 radical (unpaired) electrons. The van der Waals surface area contributed by atoms with Crippen LogP contribution in [0, 0.1) is 0 Å². The number of carbonyl (C=O) groups is 1. The highest BCUT2D eigenvalue weighted by Crippen LogP contribution is 2.30. The van der Waals surface area contributed by atoms with Crippen LogP contribution in [0.25, 0.3) is 0 Å². The number of ketones is 1. The van der Waals surface area contributed by atoms with Gasteiger partial charge < -0.3 is 4.74 Å². The molecule has 0 aliphatic heterocycles. The monoisotopic (exact) mass is 258 g/mol. The Kier molecular flexibility index (Phi) is 3.59. The van der Waals surface area contributed by atoms with E-state index in [2.05, 4.69) is 0 Å². The largest absolute Gasteiger partial charge is 0.493 e. The zero-order valence-electron chi connectivity index (χ0n) is 9.72. The number of halogens is 3. The van der Waals surface area contributed by atoms with Crippen LogP contribution in [0.15, 0.2) is 18.2 Å². The number of fused-ring (bicyclic) bond motifs is 1. The minimum atomic E-state index is -4.22. The summed E-state index contributed by atoms with van der Waals surface area (Å²) in [5.41, 5.74) is 1.33. The molecule has 0 amide bonds. The first-order chi connectivity index (χ1) is 8.47. The van der Waals surface area contributed by atoms with Crippen LogP contribution >= 0.6 is 0 Å². The van der Waals surface area contributed by atoms with Crippen molar-refractivity contribution in [2.24, 2.45) is 0 Å². The number of carbonyl (C=O) groups excluding carboxylic acids is 1. The third-order valence-electron chi connectivity index (χ3n) is 2.91. The Balaban J connectivity index is 2.10. The molecule has 0 heterocycles. The SMILES string of the molecule is O=C1CCCc2c(OCCC(F)(F)F)cccc21. The summed E-state index contributed by atoms with van der Waals surface area (Å²) in [6.45, 7) is -0.409. The van der Waals surface area contributed by atoms with E-state index in [-0.39, 0.29) is 5.78 Å². The molecular weight excluding hydrogens is 245 g/mol. The van der Waals surface area contributed by atoms with Gasteiger partial charge >= 0.3 is 6.18 Å². The first kappa shape index (κ1) is 12.9. The second-order valence-corrected chi connectivity index (χ2v) is 4.27. The molecule has 98 valence electrons. The van der Waals surface area contributed by atoms with Crippen molar-refractivity contribution in [2.75, 3.05) is 6.61 Å². The summed E-state index contributed by atoms with van der Waals surface area (Å²) in [4.78, 5) is 11.6. The molecule has 0 aromatic heterocycles. The number of Topliss-reactive ketones (excluding diaryl/α,β-unsaturated/α-hetero) is 1. The summed E-state index contributed by atoms with van der Waals surface area (Å²) in [7, 11) is 0. The van der Waals surface area contributed by atoms with Gasteiger partial charge in [0.2, 0.25) is 0 Å². The Labute approximate surface area is 103 Å². The summed E-state index contributed by atoms with van der Waals surface area (Å²) in [6, 6.07) is 4.96. The highest BCUT2D eigenvalue weighted by molar-refractivity contribution is 5.99. The van der Waals surface area contributed by atoms with Crippen molar-refractivity contribution in [3.8, 4) is 5.75 Å². The van der Waals surface area contributed by atoms with E-state index in [4.69, 9.17) is 4.74 Å². The maximum Gasteiger partial charge on any atom is 0.392 e. The normalized spacial score (nSPS) is 15.4. The van der Waals surface area contributed by atoms with Crippen LogP contribution in [0.4, 0.5) is 13.2 Å². The molecule has 0 N–H and O–H groups in total. The molecule has 0 unspecified atom stereocenters. The van der Waals surface area contributed by atoms with Crippen LogP contribution in [0.2, 0.25) is 0 Å². The van der Waals surface area contributed by atoms with Crippen LogP contribution in [0.1, 0.15) is 35.2 Å². The second kappa shape index (κ2) is 5.00. The molecule has 1 aromatic carbocycles. The van der Waals surface area contributed by atoms with Gasteiger partial charge in [0.1, 0.15) is 5.75 Å². The summed E-state index contributed by atoms with van der Waals surface area (Å²) in [5, 5.41) is 0. The van der Waals surface area contributed by atoms with Crippen LogP contribution in [-0.4, -0.2) is 18.6 Å². The number of alkyl halides is 3. The Morgan fingerprint density at radius 1 is 1.22 bits per heavy atom. The molecule has 0 saturated carbocycles. The maximum absolute atomic E-state index is 12.0. The van der Waals surface area contributed by atoms with Crippen LogP contribution in [0.5, 0.6) is 5.75 Å². The molecule has 0 fully saturated rings. The first-order valence-corrected chi connectivity index (χ1v) is 5.82. The highest BCUT2D eigenvalue weighted by atomic mass is 19.4. The lowest BCUT2D eigenvalue weighted by Crippen LogP contribution is -2.16. The van der Waals surface area contributed by atoms with E-state index in [1.165, 1.54) is 0 Å². The number of rotatable bonds is 3. The van der Waals surface area contributed by atoms with Gasteiger partial charge in [-0.25, -0.2) is 0 Å². The fourth-order valence-electron chi connectivity index (χ4n) is 2.06. The van der Waals surface area contributed by atoms with Crippen LogP contribution < -0.4 is 4.74 Å². The molecule has 0 saturated heterocycles. The Bertz CT molecular complexity index is 452. The zero-order chi connectivity index (χ0) is 13.2. The molecule has 0 spiro atoms. The topological polar surface area (TPSA) is 26.3 Å². The van der Waals surface area contributed by atoms with E-state index in [0.717, 1.165) is 12.0 Å². The Morgan fingerprint density at radius 2 is 2.00 bits per heavy atom. The molecule has 2 rings (SSSR count). The predicted molar refractivity (Wildman–Crippen MR) is 59.9 cm³/mol. The molecule has 1 aromatic rings. The fraction of sp³-hybridized carbons (Fsp3) is 0.462. The van der Waals surface area contributed by atoms with Crippen molar-refractivity contribution in [3.63, 3.8) is 0 Å². The predicted octanol–water partition coefficient (Wildman–Crippen LogP) is 3.54. The summed E-state index contributed by atoms with van der Waals surface area (Å²) in [6.07, 6.45) is -3.29. The lowest BCUT2D eigenvalue weighted by Gasteiger charge is -2.18. The summed E-state index contributed by atoms with van der Waals surface area (Å²) >= 11 is 0. The average molecular weight is 258 g/mol. The van der Waals surface area contributed by atoms with Crippen LogP contribution in [-0.2, 0) is 6.42 Å². The number of ether oxygens (including phenoxy) is 1. The molecule has 0 atom stereocenters. The lowest BCUT2D eigenvalue weighted by molar-refractivity contribution is -0.139. The van der Waals surface area contributed by atoms with Gasteiger partial charge in [-0.15, -0.1) is 0 Å². The minimum absolute atomic E-state index is 0.0394. The Morgan fingerprint density at radius 3 is 2.72 bits per heavy atom. The quantitative estimate of drug-likeness (QED) is 0.829. The van der Waals surface area contributed by atoms with Crippen molar-refractivity contribution in [1.82, 2.24) is 0 Å². The van der Waals surface area contributed by atoms with E-state index in [1.54, 1.807) is 18.2 Å². The standard InChI is InChI=1S/C13H13F3O2/c14-13(15,16)7-8-18-12-6-2-3-9-10(12)4-1-5-11(9)17/h2-3,6H,1,4-5,7-8H2. The van der Waals surface area contributed by atoms with Gasteiger partial charge in [0.05, 0.1) is 13.0 Å². The van der Waals surface area contributed by atoms with E-state index < -0.39 is 19.2 Å². The van der Waals surface area contributed by atoms with Crippen molar-refractivity contribution < 1.29 is 22.7 Å². The van der Waals surface area contributed by atoms with Crippen molar-refractivity contribution >= 4 is 5.78 Å². The van der Waals surface area contributed by atoms with Crippen LogP contribution in [0.3, 0.4) is 0 Å². The van der Waals surface area contributed by atoms with E-state index >= 15 is 0 Å². The van der Waals surface area contributed by atoms with Gasteiger partial charge in [-0.3, -0.25) is 4.79 Å². The van der Waals surface area contributed by atoms with Gasteiger partial charge in [0.15, 0.2) is 5.78 Å². The summed E-state index contributed by atoms with van der Waals surface area (Å²) < 4.78 is 41.2.